The van der Waals surface area contributed by atoms with E-state index < -0.39 is 0 Å². The van der Waals surface area contributed by atoms with Crippen molar-refractivity contribution in [2.45, 2.75) is 0 Å². The van der Waals surface area contributed by atoms with E-state index in [0.717, 1.165) is 29.1 Å². The van der Waals surface area contributed by atoms with Gasteiger partial charge in [-0.3, -0.25) is 0 Å². The first-order valence-electron chi connectivity index (χ1n) is 7.84. The van der Waals surface area contributed by atoms with E-state index >= 15 is 0 Å². The summed E-state index contributed by atoms with van der Waals surface area (Å²) in [6.45, 7) is 1.58. The van der Waals surface area contributed by atoms with E-state index in [4.69, 9.17) is 4.74 Å². The van der Waals surface area contributed by atoms with Crippen molar-refractivity contribution in [3.05, 3.63) is 73.1 Å². The second kappa shape index (κ2) is 7.16. The van der Waals surface area contributed by atoms with Crippen LogP contribution in [0.1, 0.15) is 0 Å². The number of ether oxygens (including phenoxy) is 1. The SMILES string of the molecule is CN(C)CCOc1ccccc1-c1cccc(-n2cccc2)c1. The number of likely N-dealkylation sites (N-methyl/N-ethyl adjacent to an activating group) is 1. The Kier molecular flexibility index (Phi) is 4.79. The van der Waals surface area contributed by atoms with Gasteiger partial charge < -0.3 is 14.2 Å². The van der Waals surface area contributed by atoms with Gasteiger partial charge in [-0.2, -0.15) is 0 Å². The third kappa shape index (κ3) is 3.82. The molecule has 0 spiro atoms. The highest BCUT2D eigenvalue weighted by atomic mass is 16.5. The van der Waals surface area contributed by atoms with Crippen LogP contribution in [0.5, 0.6) is 5.75 Å². The Morgan fingerprint density at radius 1 is 0.913 bits per heavy atom. The molecule has 0 saturated heterocycles. The molecule has 0 unspecified atom stereocenters. The molecule has 0 fully saturated rings. The molecule has 118 valence electrons. The maximum absolute atomic E-state index is 5.98. The largest absolute Gasteiger partial charge is 0.492 e. The summed E-state index contributed by atoms with van der Waals surface area (Å²) in [5.74, 6) is 0.930. The van der Waals surface area contributed by atoms with Crippen LogP contribution in [0.25, 0.3) is 16.8 Å². The Morgan fingerprint density at radius 3 is 2.48 bits per heavy atom. The Balaban J connectivity index is 1.88. The summed E-state index contributed by atoms with van der Waals surface area (Å²) in [5.41, 5.74) is 3.44. The fourth-order valence-electron chi connectivity index (χ4n) is 2.51. The van der Waals surface area contributed by atoms with Gasteiger partial charge in [0.15, 0.2) is 0 Å². The van der Waals surface area contributed by atoms with Crippen LogP contribution in [-0.2, 0) is 0 Å². The summed E-state index contributed by atoms with van der Waals surface area (Å²) in [7, 11) is 4.10. The summed E-state index contributed by atoms with van der Waals surface area (Å²) < 4.78 is 8.09. The first-order chi connectivity index (χ1) is 11.2. The van der Waals surface area contributed by atoms with E-state index in [1.165, 1.54) is 0 Å². The predicted molar refractivity (Wildman–Crippen MR) is 95.3 cm³/mol. The predicted octanol–water partition coefficient (Wildman–Crippen LogP) is 4.08. The van der Waals surface area contributed by atoms with E-state index in [1.54, 1.807) is 0 Å². The van der Waals surface area contributed by atoms with Gasteiger partial charge in [0.1, 0.15) is 12.4 Å². The first-order valence-corrected chi connectivity index (χ1v) is 7.84. The van der Waals surface area contributed by atoms with Crippen molar-refractivity contribution in [3.8, 4) is 22.6 Å². The smallest absolute Gasteiger partial charge is 0.127 e. The van der Waals surface area contributed by atoms with Crippen LogP contribution >= 0.6 is 0 Å². The zero-order valence-electron chi connectivity index (χ0n) is 13.6. The van der Waals surface area contributed by atoms with Crippen LogP contribution in [0, 0.1) is 0 Å². The fourth-order valence-corrected chi connectivity index (χ4v) is 2.51. The number of rotatable bonds is 6. The van der Waals surface area contributed by atoms with Crippen molar-refractivity contribution in [1.82, 2.24) is 9.47 Å². The molecule has 0 saturated carbocycles. The average molecular weight is 306 g/mol. The van der Waals surface area contributed by atoms with E-state index in [0.29, 0.717) is 6.61 Å². The van der Waals surface area contributed by atoms with Crippen molar-refractivity contribution < 1.29 is 4.74 Å². The third-order valence-corrected chi connectivity index (χ3v) is 3.74. The van der Waals surface area contributed by atoms with E-state index in [-0.39, 0.29) is 0 Å². The molecule has 0 aliphatic heterocycles. The number of hydrogen-bond donors (Lipinski definition) is 0. The minimum absolute atomic E-state index is 0.682. The summed E-state index contributed by atoms with van der Waals surface area (Å²) in [4.78, 5) is 2.12. The molecule has 0 aliphatic rings. The average Bonchev–Trinajstić information content (AvgIpc) is 3.10. The van der Waals surface area contributed by atoms with Gasteiger partial charge in [-0.15, -0.1) is 0 Å². The van der Waals surface area contributed by atoms with Crippen LogP contribution in [0.4, 0.5) is 0 Å². The minimum Gasteiger partial charge on any atom is -0.492 e. The third-order valence-electron chi connectivity index (χ3n) is 3.74. The maximum Gasteiger partial charge on any atom is 0.127 e. The molecule has 23 heavy (non-hydrogen) atoms. The lowest BCUT2D eigenvalue weighted by molar-refractivity contribution is 0.262. The number of nitrogens with zero attached hydrogens (tertiary/aromatic N) is 2. The standard InChI is InChI=1S/C20H22N2O/c1-21(2)14-15-23-20-11-4-3-10-19(20)17-8-7-9-18(16-17)22-12-5-6-13-22/h3-13,16H,14-15H2,1-2H3. The summed E-state index contributed by atoms with van der Waals surface area (Å²) in [6, 6.07) is 20.8. The van der Waals surface area contributed by atoms with E-state index in [2.05, 4.69) is 72.4 Å². The normalized spacial score (nSPS) is 10.9. The summed E-state index contributed by atoms with van der Waals surface area (Å²) in [5, 5.41) is 0. The Morgan fingerprint density at radius 2 is 1.70 bits per heavy atom. The molecule has 0 atom stereocenters. The van der Waals surface area contributed by atoms with Gasteiger partial charge in [0.2, 0.25) is 0 Å². The van der Waals surface area contributed by atoms with Gasteiger partial charge in [-0.25, -0.2) is 0 Å². The molecule has 2 aromatic carbocycles. The second-order valence-corrected chi connectivity index (χ2v) is 5.79. The van der Waals surface area contributed by atoms with Crippen LogP contribution < -0.4 is 4.74 Å². The Bertz CT molecular complexity index is 748. The number of aromatic nitrogens is 1. The monoisotopic (exact) mass is 306 g/mol. The lowest BCUT2D eigenvalue weighted by atomic mass is 10.0. The molecular formula is C20H22N2O. The Labute approximate surface area is 137 Å². The van der Waals surface area contributed by atoms with Crippen molar-refractivity contribution >= 4 is 0 Å². The lowest BCUT2D eigenvalue weighted by Crippen LogP contribution is -2.19. The molecule has 1 heterocycles. The molecule has 3 heteroatoms. The maximum atomic E-state index is 5.98. The highest BCUT2D eigenvalue weighted by Crippen LogP contribution is 2.31. The lowest BCUT2D eigenvalue weighted by Gasteiger charge is -2.15. The first kappa shape index (κ1) is 15.4. The highest BCUT2D eigenvalue weighted by molar-refractivity contribution is 5.72. The fraction of sp³-hybridized carbons (Fsp3) is 0.200. The molecule has 3 nitrogen and oxygen atoms in total. The van der Waals surface area contributed by atoms with Crippen LogP contribution in [0.15, 0.2) is 73.1 Å². The number of para-hydroxylation sites is 1. The van der Waals surface area contributed by atoms with Crippen LogP contribution in [-0.4, -0.2) is 36.7 Å². The van der Waals surface area contributed by atoms with Gasteiger partial charge in [-0.1, -0.05) is 30.3 Å². The van der Waals surface area contributed by atoms with E-state index in [9.17, 15) is 0 Å². The zero-order chi connectivity index (χ0) is 16.1. The van der Waals surface area contributed by atoms with Crippen molar-refractivity contribution in [2.24, 2.45) is 0 Å². The quantitative estimate of drug-likeness (QED) is 0.682. The minimum atomic E-state index is 0.682. The van der Waals surface area contributed by atoms with E-state index in [1.807, 2.05) is 24.3 Å². The van der Waals surface area contributed by atoms with Gasteiger partial charge in [0.25, 0.3) is 0 Å². The number of hydrogen-bond acceptors (Lipinski definition) is 2. The zero-order valence-corrected chi connectivity index (χ0v) is 13.6. The Hall–Kier alpha value is -2.52. The molecule has 3 rings (SSSR count). The van der Waals surface area contributed by atoms with Crippen molar-refractivity contribution in [2.75, 3.05) is 27.2 Å². The molecular weight excluding hydrogens is 284 g/mol. The van der Waals surface area contributed by atoms with Gasteiger partial charge in [0.05, 0.1) is 0 Å². The molecule has 0 bridgehead atoms. The summed E-state index contributed by atoms with van der Waals surface area (Å²) in [6.07, 6.45) is 4.11. The second-order valence-electron chi connectivity index (χ2n) is 5.79. The highest BCUT2D eigenvalue weighted by Gasteiger charge is 2.07. The van der Waals surface area contributed by atoms with Gasteiger partial charge in [-0.05, 0) is 50.0 Å². The number of benzene rings is 2. The van der Waals surface area contributed by atoms with Gasteiger partial charge >= 0.3 is 0 Å². The molecule has 1 aromatic heterocycles. The van der Waals surface area contributed by atoms with Crippen LogP contribution in [0.3, 0.4) is 0 Å². The van der Waals surface area contributed by atoms with Crippen molar-refractivity contribution in [1.29, 1.82) is 0 Å². The summed E-state index contributed by atoms with van der Waals surface area (Å²) >= 11 is 0. The molecule has 3 aromatic rings. The topological polar surface area (TPSA) is 17.4 Å². The van der Waals surface area contributed by atoms with Gasteiger partial charge in [0, 0.05) is 30.2 Å². The molecule has 0 N–H and O–H groups in total. The molecule has 0 amide bonds. The van der Waals surface area contributed by atoms with Crippen LogP contribution in [0.2, 0.25) is 0 Å². The molecule has 0 aliphatic carbocycles. The molecule has 0 radical (unpaired) electrons. The van der Waals surface area contributed by atoms with Crippen molar-refractivity contribution in [3.63, 3.8) is 0 Å².